The van der Waals surface area contributed by atoms with E-state index in [1.807, 2.05) is 19.9 Å². The molecule has 0 saturated heterocycles. The summed E-state index contributed by atoms with van der Waals surface area (Å²) >= 11 is 3.19. The van der Waals surface area contributed by atoms with Gasteiger partial charge in [0.2, 0.25) is 0 Å². The Hall–Kier alpha value is -2.38. The van der Waals surface area contributed by atoms with E-state index in [0.29, 0.717) is 28.3 Å². The lowest BCUT2D eigenvalue weighted by atomic mass is 10.0. The zero-order chi connectivity index (χ0) is 20.1. The van der Waals surface area contributed by atoms with Gasteiger partial charge >= 0.3 is 5.63 Å². The third-order valence-electron chi connectivity index (χ3n) is 5.63. The summed E-state index contributed by atoms with van der Waals surface area (Å²) in [6.07, 6.45) is 3.29. The van der Waals surface area contributed by atoms with Gasteiger partial charge in [-0.3, -0.25) is 4.79 Å². The third-order valence-corrected chi connectivity index (χ3v) is 7.72. The summed E-state index contributed by atoms with van der Waals surface area (Å²) in [4.78, 5) is 33.9. The SMILES string of the molecule is Cc1sc2nc(CSCc3cc(=O)oc4cc5c(cc34)CCC5)[nH]c(=O)c2c1C. The molecule has 29 heavy (non-hydrogen) atoms. The van der Waals surface area contributed by atoms with Crippen LogP contribution in [-0.2, 0) is 24.3 Å². The van der Waals surface area contributed by atoms with Gasteiger partial charge in [-0.15, -0.1) is 23.1 Å². The molecular weight excluding hydrogens is 404 g/mol. The van der Waals surface area contributed by atoms with E-state index in [4.69, 9.17) is 4.42 Å². The van der Waals surface area contributed by atoms with Crippen LogP contribution < -0.4 is 11.2 Å². The summed E-state index contributed by atoms with van der Waals surface area (Å²) in [6, 6.07) is 5.80. The number of rotatable bonds is 4. The first-order chi connectivity index (χ1) is 14.0. The molecule has 0 saturated carbocycles. The molecule has 4 aromatic rings. The molecule has 0 radical (unpaired) electrons. The highest BCUT2D eigenvalue weighted by Crippen LogP contribution is 2.30. The summed E-state index contributed by atoms with van der Waals surface area (Å²) in [5, 5.41) is 1.71. The Balaban J connectivity index is 1.42. The topological polar surface area (TPSA) is 76.0 Å². The van der Waals surface area contributed by atoms with E-state index >= 15 is 0 Å². The van der Waals surface area contributed by atoms with Crippen LogP contribution in [0, 0.1) is 13.8 Å². The van der Waals surface area contributed by atoms with Gasteiger partial charge in [0.1, 0.15) is 16.2 Å². The summed E-state index contributed by atoms with van der Waals surface area (Å²) < 4.78 is 5.45. The molecule has 0 aliphatic heterocycles. The maximum absolute atomic E-state index is 12.4. The van der Waals surface area contributed by atoms with Crippen molar-refractivity contribution in [3.05, 3.63) is 71.9 Å². The molecule has 1 aliphatic carbocycles. The van der Waals surface area contributed by atoms with Crippen LogP contribution in [0.3, 0.4) is 0 Å². The average Bonchev–Trinajstić information content (AvgIpc) is 3.24. The van der Waals surface area contributed by atoms with Crippen LogP contribution in [0.25, 0.3) is 21.2 Å². The number of hydrogen-bond acceptors (Lipinski definition) is 6. The first-order valence-corrected chi connectivity index (χ1v) is 11.6. The summed E-state index contributed by atoms with van der Waals surface area (Å²) in [7, 11) is 0. The predicted molar refractivity (Wildman–Crippen MR) is 119 cm³/mol. The Morgan fingerprint density at radius 2 is 1.93 bits per heavy atom. The van der Waals surface area contributed by atoms with Crippen LogP contribution in [0.15, 0.2) is 32.2 Å². The van der Waals surface area contributed by atoms with E-state index in [1.54, 1.807) is 29.2 Å². The van der Waals surface area contributed by atoms with Crippen molar-refractivity contribution in [1.29, 1.82) is 0 Å². The molecule has 0 fully saturated rings. The molecular formula is C22H20N2O3S2. The van der Waals surface area contributed by atoms with Crippen molar-refractivity contribution in [2.75, 3.05) is 0 Å². The first-order valence-electron chi connectivity index (χ1n) is 9.65. The quantitative estimate of drug-likeness (QED) is 0.484. The standard InChI is InChI=1S/C22H20N2O3S2/c1-11-12(2)29-22-20(11)21(26)23-18(24-22)10-28-9-15-8-19(25)27-17-7-14-5-3-4-13(14)6-16(15)17/h6-8H,3-5,9-10H2,1-2H3,(H,23,24,26). The van der Waals surface area contributed by atoms with Crippen molar-refractivity contribution in [2.45, 2.75) is 44.6 Å². The van der Waals surface area contributed by atoms with Gasteiger partial charge in [0.05, 0.1) is 11.1 Å². The largest absolute Gasteiger partial charge is 0.423 e. The van der Waals surface area contributed by atoms with Gasteiger partial charge in [-0.25, -0.2) is 9.78 Å². The van der Waals surface area contributed by atoms with Gasteiger partial charge in [0.25, 0.3) is 5.56 Å². The van der Waals surface area contributed by atoms with Crippen LogP contribution in [0.1, 0.15) is 39.4 Å². The fourth-order valence-electron chi connectivity index (χ4n) is 4.04. The van der Waals surface area contributed by atoms with Gasteiger partial charge < -0.3 is 9.40 Å². The first kappa shape index (κ1) is 18.6. The molecule has 1 aromatic carbocycles. The average molecular weight is 425 g/mol. The van der Waals surface area contributed by atoms with Crippen LogP contribution in [-0.4, -0.2) is 9.97 Å². The Bertz CT molecular complexity index is 1380. The Morgan fingerprint density at radius 1 is 1.14 bits per heavy atom. The van der Waals surface area contributed by atoms with Gasteiger partial charge in [-0.2, -0.15) is 0 Å². The summed E-state index contributed by atoms with van der Waals surface area (Å²) in [5.41, 5.74) is 4.92. The lowest BCUT2D eigenvalue weighted by Crippen LogP contribution is -2.11. The molecule has 1 N–H and O–H groups in total. The van der Waals surface area contributed by atoms with Crippen molar-refractivity contribution in [2.24, 2.45) is 0 Å². The minimum Gasteiger partial charge on any atom is -0.423 e. The van der Waals surface area contributed by atoms with Crippen LogP contribution in [0.4, 0.5) is 0 Å². The lowest BCUT2D eigenvalue weighted by Gasteiger charge is -2.08. The molecule has 0 atom stereocenters. The van der Waals surface area contributed by atoms with Crippen molar-refractivity contribution >= 4 is 44.3 Å². The second-order valence-corrected chi connectivity index (χ2v) is 9.72. The van der Waals surface area contributed by atoms with Crippen LogP contribution >= 0.6 is 23.1 Å². The van der Waals surface area contributed by atoms with Crippen LogP contribution in [0.2, 0.25) is 0 Å². The highest BCUT2D eigenvalue weighted by atomic mass is 32.2. The Labute approximate surface area is 175 Å². The maximum atomic E-state index is 12.4. The number of aromatic nitrogens is 2. The number of nitrogens with zero attached hydrogens (tertiary/aromatic N) is 1. The minimum absolute atomic E-state index is 0.0752. The number of hydrogen-bond donors (Lipinski definition) is 1. The van der Waals surface area contributed by atoms with Crippen molar-refractivity contribution in [1.82, 2.24) is 9.97 Å². The molecule has 0 amide bonds. The number of nitrogens with one attached hydrogen (secondary N) is 1. The maximum Gasteiger partial charge on any atom is 0.336 e. The van der Waals surface area contributed by atoms with E-state index in [1.165, 1.54) is 11.1 Å². The third kappa shape index (κ3) is 3.32. The minimum atomic E-state index is -0.316. The number of H-pyrrole nitrogens is 1. The number of thiophene rings is 1. The van der Waals surface area contributed by atoms with Gasteiger partial charge in [0, 0.05) is 22.1 Å². The zero-order valence-electron chi connectivity index (χ0n) is 16.3. The molecule has 7 heteroatoms. The van der Waals surface area contributed by atoms with Crippen LogP contribution in [0.5, 0.6) is 0 Å². The molecule has 0 unspecified atom stereocenters. The molecule has 0 spiro atoms. The van der Waals surface area contributed by atoms with Crippen molar-refractivity contribution in [3.63, 3.8) is 0 Å². The molecule has 3 heterocycles. The Morgan fingerprint density at radius 3 is 2.76 bits per heavy atom. The lowest BCUT2D eigenvalue weighted by molar-refractivity contribution is 0.559. The molecule has 5 nitrogen and oxygen atoms in total. The number of aromatic amines is 1. The predicted octanol–water partition coefficient (Wildman–Crippen LogP) is 4.63. The van der Waals surface area contributed by atoms with E-state index in [0.717, 1.165) is 45.5 Å². The zero-order valence-corrected chi connectivity index (χ0v) is 17.9. The highest BCUT2D eigenvalue weighted by molar-refractivity contribution is 7.97. The van der Waals surface area contributed by atoms with Crippen molar-refractivity contribution < 1.29 is 4.42 Å². The van der Waals surface area contributed by atoms with E-state index in [-0.39, 0.29) is 11.2 Å². The van der Waals surface area contributed by atoms with E-state index in [9.17, 15) is 9.59 Å². The number of fused-ring (bicyclic) bond motifs is 3. The Kier molecular flexibility index (Phi) is 4.59. The second kappa shape index (κ2) is 7.15. The molecule has 0 bridgehead atoms. The molecule has 148 valence electrons. The molecule has 5 rings (SSSR count). The smallest absolute Gasteiger partial charge is 0.336 e. The second-order valence-electron chi connectivity index (χ2n) is 7.53. The highest BCUT2D eigenvalue weighted by Gasteiger charge is 2.16. The molecule has 1 aliphatic rings. The number of aryl methyl sites for hydroxylation is 4. The summed E-state index contributed by atoms with van der Waals surface area (Å²) in [6.45, 7) is 3.97. The monoisotopic (exact) mass is 424 g/mol. The number of thioether (sulfide) groups is 1. The van der Waals surface area contributed by atoms with Gasteiger partial charge in [-0.05, 0) is 67.5 Å². The normalized spacial score (nSPS) is 13.4. The fourth-order valence-corrected chi connectivity index (χ4v) is 5.98. The van der Waals surface area contributed by atoms with E-state index < -0.39 is 0 Å². The molecule has 3 aromatic heterocycles. The van der Waals surface area contributed by atoms with Crippen molar-refractivity contribution in [3.8, 4) is 0 Å². The van der Waals surface area contributed by atoms with Gasteiger partial charge in [-0.1, -0.05) is 0 Å². The fraction of sp³-hybridized carbons (Fsp3) is 0.318. The summed E-state index contributed by atoms with van der Waals surface area (Å²) in [5.74, 6) is 1.90. The number of benzene rings is 1. The van der Waals surface area contributed by atoms with Gasteiger partial charge in [0.15, 0.2) is 0 Å². The van der Waals surface area contributed by atoms with E-state index in [2.05, 4.69) is 16.0 Å².